The monoisotopic (exact) mass is 197 g/mol. The van der Waals surface area contributed by atoms with Crippen LogP contribution in [0.4, 0.5) is 0 Å². The summed E-state index contributed by atoms with van der Waals surface area (Å²) in [5.41, 5.74) is 1.38. The van der Waals surface area contributed by atoms with Crippen LogP contribution >= 0.6 is 11.3 Å². The lowest BCUT2D eigenvalue weighted by atomic mass is 10.2. The van der Waals surface area contributed by atoms with Crippen LogP contribution < -0.4 is 5.32 Å². The quantitative estimate of drug-likeness (QED) is 0.797. The number of hydrogen-bond acceptors (Lipinski definition) is 3. The molecule has 2 rings (SSSR count). The van der Waals surface area contributed by atoms with Crippen LogP contribution in [0, 0.1) is 0 Å². The van der Waals surface area contributed by atoms with Gasteiger partial charge in [-0.3, -0.25) is 0 Å². The van der Waals surface area contributed by atoms with E-state index >= 15 is 0 Å². The van der Waals surface area contributed by atoms with Gasteiger partial charge in [0, 0.05) is 19.7 Å². The minimum atomic E-state index is 0.457. The summed E-state index contributed by atoms with van der Waals surface area (Å²) in [5, 5.41) is 7.71. The van der Waals surface area contributed by atoms with E-state index in [2.05, 4.69) is 22.1 Å². The zero-order chi connectivity index (χ0) is 8.93. The van der Waals surface area contributed by atoms with Gasteiger partial charge in [0.2, 0.25) is 0 Å². The second-order valence-corrected chi connectivity index (χ2v) is 4.18. The van der Waals surface area contributed by atoms with Crippen molar-refractivity contribution in [3.05, 3.63) is 22.4 Å². The normalized spacial score (nSPS) is 22.3. The van der Waals surface area contributed by atoms with Crippen molar-refractivity contribution in [1.82, 2.24) is 5.32 Å². The standard InChI is InChI=1S/C10H15NOS/c1-2-10(12-4-1)7-11-6-9-3-5-13-8-9/h3,5,8,10-11H,1-2,4,6-7H2/t10-/m0/s1. The second-order valence-electron chi connectivity index (χ2n) is 3.40. The molecule has 3 heteroatoms. The molecule has 0 aromatic carbocycles. The number of thiophene rings is 1. The highest BCUT2D eigenvalue weighted by Gasteiger charge is 2.14. The summed E-state index contributed by atoms with van der Waals surface area (Å²) in [6.45, 7) is 2.92. The highest BCUT2D eigenvalue weighted by molar-refractivity contribution is 7.07. The van der Waals surface area contributed by atoms with Gasteiger partial charge in [-0.05, 0) is 35.2 Å². The Balaban J connectivity index is 1.63. The van der Waals surface area contributed by atoms with Crippen LogP contribution in [0.5, 0.6) is 0 Å². The van der Waals surface area contributed by atoms with E-state index in [0.717, 1.165) is 19.7 Å². The molecule has 2 heterocycles. The van der Waals surface area contributed by atoms with Gasteiger partial charge in [-0.1, -0.05) is 0 Å². The van der Waals surface area contributed by atoms with Crippen molar-refractivity contribution in [1.29, 1.82) is 0 Å². The van der Waals surface area contributed by atoms with Crippen LogP contribution in [0.15, 0.2) is 16.8 Å². The maximum absolute atomic E-state index is 5.51. The third kappa shape index (κ3) is 2.79. The highest BCUT2D eigenvalue weighted by atomic mass is 32.1. The van der Waals surface area contributed by atoms with Crippen molar-refractivity contribution >= 4 is 11.3 Å². The molecule has 1 aliphatic heterocycles. The molecule has 1 aromatic rings. The Labute approximate surface area is 82.9 Å². The third-order valence-corrected chi connectivity index (χ3v) is 3.04. The molecule has 2 nitrogen and oxygen atoms in total. The largest absolute Gasteiger partial charge is 0.377 e. The first-order valence-corrected chi connectivity index (χ1v) is 5.73. The van der Waals surface area contributed by atoms with Gasteiger partial charge >= 0.3 is 0 Å². The molecule has 0 bridgehead atoms. The fraction of sp³-hybridized carbons (Fsp3) is 0.600. The van der Waals surface area contributed by atoms with Crippen molar-refractivity contribution in [2.75, 3.05) is 13.2 Å². The maximum atomic E-state index is 5.51. The molecule has 72 valence electrons. The molecule has 0 spiro atoms. The fourth-order valence-electron chi connectivity index (χ4n) is 1.58. The molecule has 0 amide bonds. The number of nitrogens with one attached hydrogen (secondary N) is 1. The molecule has 1 saturated heterocycles. The molecule has 1 aromatic heterocycles. The van der Waals surface area contributed by atoms with Crippen LogP contribution in [0.2, 0.25) is 0 Å². The average molecular weight is 197 g/mol. The first-order chi connectivity index (χ1) is 6.45. The Morgan fingerprint density at radius 3 is 3.31 bits per heavy atom. The molecule has 1 fully saturated rings. The molecular formula is C10H15NOS. The minimum absolute atomic E-state index is 0.457. The molecular weight excluding hydrogens is 182 g/mol. The van der Waals surface area contributed by atoms with Crippen molar-refractivity contribution in [3.63, 3.8) is 0 Å². The van der Waals surface area contributed by atoms with E-state index in [4.69, 9.17) is 4.74 Å². The van der Waals surface area contributed by atoms with Crippen molar-refractivity contribution in [2.24, 2.45) is 0 Å². The van der Waals surface area contributed by atoms with Crippen molar-refractivity contribution < 1.29 is 4.74 Å². The van der Waals surface area contributed by atoms with Crippen molar-refractivity contribution in [3.8, 4) is 0 Å². The van der Waals surface area contributed by atoms with E-state index in [-0.39, 0.29) is 0 Å². The Morgan fingerprint density at radius 1 is 1.62 bits per heavy atom. The molecule has 1 aliphatic rings. The molecule has 0 unspecified atom stereocenters. The second kappa shape index (κ2) is 4.74. The van der Waals surface area contributed by atoms with Gasteiger partial charge in [-0.2, -0.15) is 11.3 Å². The molecule has 13 heavy (non-hydrogen) atoms. The van der Waals surface area contributed by atoms with Gasteiger partial charge < -0.3 is 10.1 Å². The highest BCUT2D eigenvalue weighted by Crippen LogP contribution is 2.11. The predicted molar refractivity (Wildman–Crippen MR) is 55.0 cm³/mol. The van der Waals surface area contributed by atoms with Crippen LogP contribution in [0.25, 0.3) is 0 Å². The van der Waals surface area contributed by atoms with E-state index in [1.165, 1.54) is 18.4 Å². The Kier molecular flexibility index (Phi) is 3.35. The minimum Gasteiger partial charge on any atom is -0.377 e. The van der Waals surface area contributed by atoms with Gasteiger partial charge in [0.05, 0.1) is 6.10 Å². The SMILES string of the molecule is c1cc(CNC[C@@H]2CCCO2)cs1. The zero-order valence-electron chi connectivity index (χ0n) is 7.66. The zero-order valence-corrected chi connectivity index (χ0v) is 8.48. The summed E-state index contributed by atoms with van der Waals surface area (Å²) >= 11 is 1.75. The average Bonchev–Trinajstić information content (AvgIpc) is 2.75. The Morgan fingerprint density at radius 2 is 2.62 bits per heavy atom. The summed E-state index contributed by atoms with van der Waals surface area (Å²) in [7, 11) is 0. The lowest BCUT2D eigenvalue weighted by molar-refractivity contribution is 0.110. The molecule has 0 saturated carbocycles. The number of rotatable bonds is 4. The topological polar surface area (TPSA) is 21.3 Å². The van der Waals surface area contributed by atoms with Gasteiger partial charge in [0.25, 0.3) is 0 Å². The fourth-order valence-corrected chi connectivity index (χ4v) is 2.24. The number of ether oxygens (including phenoxy) is 1. The first kappa shape index (κ1) is 9.19. The predicted octanol–water partition coefficient (Wildman–Crippen LogP) is 2.02. The van der Waals surface area contributed by atoms with Crippen LogP contribution in [0.3, 0.4) is 0 Å². The third-order valence-electron chi connectivity index (χ3n) is 2.31. The van der Waals surface area contributed by atoms with Gasteiger partial charge in [0.15, 0.2) is 0 Å². The van der Waals surface area contributed by atoms with Crippen LogP contribution in [0.1, 0.15) is 18.4 Å². The smallest absolute Gasteiger partial charge is 0.0700 e. The molecule has 0 aliphatic carbocycles. The van der Waals surface area contributed by atoms with Crippen LogP contribution in [-0.2, 0) is 11.3 Å². The first-order valence-electron chi connectivity index (χ1n) is 4.78. The van der Waals surface area contributed by atoms with Gasteiger partial charge in [-0.15, -0.1) is 0 Å². The Bertz CT molecular complexity index is 229. The van der Waals surface area contributed by atoms with E-state index in [1.54, 1.807) is 11.3 Å². The number of hydrogen-bond donors (Lipinski definition) is 1. The summed E-state index contributed by atoms with van der Waals surface area (Å²) in [6, 6.07) is 2.16. The molecule has 1 atom stereocenters. The van der Waals surface area contributed by atoms with E-state index in [1.807, 2.05) is 0 Å². The Hall–Kier alpha value is -0.380. The summed E-state index contributed by atoms with van der Waals surface area (Å²) in [5.74, 6) is 0. The summed E-state index contributed by atoms with van der Waals surface area (Å²) < 4.78 is 5.51. The summed E-state index contributed by atoms with van der Waals surface area (Å²) in [6.07, 6.45) is 2.90. The van der Waals surface area contributed by atoms with Crippen LogP contribution in [-0.4, -0.2) is 19.3 Å². The lowest BCUT2D eigenvalue weighted by Gasteiger charge is -2.09. The summed E-state index contributed by atoms with van der Waals surface area (Å²) in [4.78, 5) is 0. The maximum Gasteiger partial charge on any atom is 0.0700 e. The van der Waals surface area contributed by atoms with Gasteiger partial charge in [-0.25, -0.2) is 0 Å². The van der Waals surface area contributed by atoms with E-state index in [0.29, 0.717) is 6.10 Å². The van der Waals surface area contributed by atoms with E-state index < -0.39 is 0 Å². The van der Waals surface area contributed by atoms with Gasteiger partial charge in [0.1, 0.15) is 0 Å². The van der Waals surface area contributed by atoms with E-state index in [9.17, 15) is 0 Å². The van der Waals surface area contributed by atoms with Crippen molar-refractivity contribution in [2.45, 2.75) is 25.5 Å². The molecule has 1 N–H and O–H groups in total. The lowest BCUT2D eigenvalue weighted by Crippen LogP contribution is -2.25. The molecule has 0 radical (unpaired) electrons.